The molecule has 0 saturated carbocycles. The van der Waals surface area contributed by atoms with Gasteiger partial charge in [0.05, 0.1) is 13.7 Å². The predicted molar refractivity (Wildman–Crippen MR) is 104 cm³/mol. The van der Waals surface area contributed by atoms with E-state index in [9.17, 15) is 0 Å². The molecule has 5 heteroatoms. The highest BCUT2D eigenvalue weighted by atomic mass is 16.5. The van der Waals surface area contributed by atoms with Crippen LogP contribution in [0.1, 0.15) is 45.1 Å². The summed E-state index contributed by atoms with van der Waals surface area (Å²) in [5.41, 5.74) is 1.36. The Morgan fingerprint density at radius 1 is 1.16 bits per heavy atom. The van der Waals surface area contributed by atoms with Crippen molar-refractivity contribution in [2.24, 2.45) is 4.99 Å². The zero-order chi connectivity index (χ0) is 18.0. The Bertz CT molecular complexity index is 522. The Hall–Kier alpha value is -1.75. The molecule has 0 amide bonds. The Balaban J connectivity index is 2.15. The van der Waals surface area contributed by atoms with Crippen LogP contribution in [0.4, 0.5) is 0 Å². The highest BCUT2D eigenvalue weighted by Gasteiger charge is 2.34. The Morgan fingerprint density at radius 2 is 1.88 bits per heavy atom. The molecule has 2 N–H and O–H groups in total. The van der Waals surface area contributed by atoms with Gasteiger partial charge in [-0.1, -0.05) is 25.5 Å². The summed E-state index contributed by atoms with van der Waals surface area (Å²) in [7, 11) is 1.70. The second-order valence-electron chi connectivity index (χ2n) is 6.60. The van der Waals surface area contributed by atoms with E-state index in [0.29, 0.717) is 0 Å². The number of unbranched alkanes of at least 4 members (excludes halogenated alkanes) is 1. The van der Waals surface area contributed by atoms with Crippen molar-refractivity contribution in [3.05, 3.63) is 29.8 Å². The van der Waals surface area contributed by atoms with Crippen LogP contribution in [0, 0.1) is 0 Å². The van der Waals surface area contributed by atoms with Crippen LogP contribution < -0.4 is 15.4 Å². The van der Waals surface area contributed by atoms with Crippen LogP contribution in [0.25, 0.3) is 0 Å². The lowest BCUT2D eigenvalue weighted by atomic mass is 9.74. The molecule has 1 aliphatic rings. The summed E-state index contributed by atoms with van der Waals surface area (Å²) in [6, 6.07) is 8.44. The van der Waals surface area contributed by atoms with E-state index in [0.717, 1.165) is 63.8 Å². The summed E-state index contributed by atoms with van der Waals surface area (Å²) >= 11 is 0. The number of hydrogen-bond donors (Lipinski definition) is 2. The molecule has 25 heavy (non-hydrogen) atoms. The van der Waals surface area contributed by atoms with E-state index >= 15 is 0 Å². The lowest BCUT2D eigenvalue weighted by Gasteiger charge is -2.36. The summed E-state index contributed by atoms with van der Waals surface area (Å²) in [6.45, 7) is 8.49. The van der Waals surface area contributed by atoms with Gasteiger partial charge in [0.1, 0.15) is 5.75 Å². The minimum atomic E-state index is 0.0393. The lowest BCUT2D eigenvalue weighted by molar-refractivity contribution is 0.0531. The normalized spacial score (nSPS) is 17.2. The molecule has 140 valence electrons. The van der Waals surface area contributed by atoms with E-state index < -0.39 is 0 Å². The average molecular weight is 348 g/mol. The van der Waals surface area contributed by atoms with E-state index in [1.807, 2.05) is 12.1 Å². The monoisotopic (exact) mass is 347 g/mol. The molecule has 1 fully saturated rings. The Morgan fingerprint density at radius 3 is 2.48 bits per heavy atom. The molecular weight excluding hydrogens is 314 g/mol. The molecular formula is C20H33N3O2. The summed E-state index contributed by atoms with van der Waals surface area (Å²) in [5.74, 6) is 1.80. The van der Waals surface area contributed by atoms with E-state index in [1.165, 1.54) is 12.0 Å². The maximum atomic E-state index is 5.62. The largest absolute Gasteiger partial charge is 0.497 e. The minimum Gasteiger partial charge on any atom is -0.497 e. The number of methoxy groups -OCH3 is 1. The molecule has 0 atom stereocenters. The zero-order valence-electron chi connectivity index (χ0n) is 15.9. The van der Waals surface area contributed by atoms with Crippen molar-refractivity contribution in [2.75, 3.05) is 40.0 Å². The Labute approximate surface area is 152 Å². The first-order valence-corrected chi connectivity index (χ1v) is 9.48. The number of guanidine groups is 1. The molecule has 0 bridgehead atoms. The fraction of sp³-hybridized carbons (Fsp3) is 0.650. The van der Waals surface area contributed by atoms with Gasteiger partial charge in [-0.05, 0) is 43.9 Å². The zero-order valence-corrected chi connectivity index (χ0v) is 15.9. The van der Waals surface area contributed by atoms with E-state index in [1.54, 1.807) is 7.11 Å². The predicted octanol–water partition coefficient (Wildman–Crippen LogP) is 3.10. The van der Waals surface area contributed by atoms with Gasteiger partial charge < -0.3 is 20.1 Å². The molecule has 5 nitrogen and oxygen atoms in total. The van der Waals surface area contributed by atoms with Crippen molar-refractivity contribution in [2.45, 2.75) is 44.9 Å². The fourth-order valence-electron chi connectivity index (χ4n) is 3.20. The highest BCUT2D eigenvalue weighted by Crippen LogP contribution is 2.36. The number of nitrogens with one attached hydrogen (secondary N) is 2. The first-order chi connectivity index (χ1) is 12.2. The summed E-state index contributed by atoms with van der Waals surface area (Å²) < 4.78 is 10.9. The molecule has 1 saturated heterocycles. The molecule has 0 aliphatic carbocycles. The highest BCUT2D eigenvalue weighted by molar-refractivity contribution is 5.79. The summed E-state index contributed by atoms with van der Waals surface area (Å²) in [6.07, 6.45) is 4.33. The van der Waals surface area contributed by atoms with Gasteiger partial charge in [-0.25, -0.2) is 0 Å². The average Bonchev–Trinajstić information content (AvgIpc) is 2.67. The van der Waals surface area contributed by atoms with Gasteiger partial charge in [0.2, 0.25) is 0 Å². The standard InChI is InChI=1S/C20H33N3O2/c1-4-6-13-22-19(21-5-2)23-16-20(11-14-25-15-12-20)17-7-9-18(24-3)10-8-17/h7-10H,4-6,11-16H2,1-3H3,(H2,21,22,23). The summed E-state index contributed by atoms with van der Waals surface area (Å²) in [5, 5.41) is 6.79. The van der Waals surface area contributed by atoms with Crippen LogP contribution in [0.15, 0.2) is 29.3 Å². The van der Waals surface area contributed by atoms with E-state index in [-0.39, 0.29) is 5.41 Å². The molecule has 1 aromatic carbocycles. The van der Waals surface area contributed by atoms with Crippen molar-refractivity contribution in [1.29, 1.82) is 0 Å². The van der Waals surface area contributed by atoms with Crippen molar-refractivity contribution in [1.82, 2.24) is 10.6 Å². The topological polar surface area (TPSA) is 54.9 Å². The van der Waals surface area contributed by atoms with Gasteiger partial charge in [0, 0.05) is 31.7 Å². The quantitative estimate of drug-likeness (QED) is 0.431. The van der Waals surface area contributed by atoms with Crippen LogP contribution in [-0.2, 0) is 10.2 Å². The molecule has 0 spiro atoms. The number of hydrogen-bond acceptors (Lipinski definition) is 3. The third-order valence-electron chi connectivity index (χ3n) is 4.86. The van der Waals surface area contributed by atoms with E-state index in [4.69, 9.17) is 14.5 Å². The fourth-order valence-corrected chi connectivity index (χ4v) is 3.20. The number of aliphatic imine (C=N–C) groups is 1. The molecule has 1 aromatic rings. The van der Waals surface area contributed by atoms with Crippen LogP contribution >= 0.6 is 0 Å². The van der Waals surface area contributed by atoms with Gasteiger partial charge in [-0.15, -0.1) is 0 Å². The third-order valence-corrected chi connectivity index (χ3v) is 4.86. The smallest absolute Gasteiger partial charge is 0.191 e. The first kappa shape index (κ1) is 19.6. The Kier molecular flexibility index (Phi) is 8.06. The maximum Gasteiger partial charge on any atom is 0.191 e. The van der Waals surface area contributed by atoms with Crippen LogP contribution in [0.2, 0.25) is 0 Å². The van der Waals surface area contributed by atoms with Crippen molar-refractivity contribution in [3.8, 4) is 5.75 Å². The number of nitrogens with zero attached hydrogens (tertiary/aromatic N) is 1. The van der Waals surface area contributed by atoms with Crippen molar-refractivity contribution in [3.63, 3.8) is 0 Å². The SMILES string of the molecule is CCCCNC(=NCC1(c2ccc(OC)cc2)CCOCC1)NCC. The molecule has 0 radical (unpaired) electrons. The number of benzene rings is 1. The van der Waals surface area contributed by atoms with Gasteiger partial charge in [0.25, 0.3) is 0 Å². The van der Waals surface area contributed by atoms with Crippen molar-refractivity contribution < 1.29 is 9.47 Å². The van der Waals surface area contributed by atoms with E-state index in [2.05, 4.69) is 36.6 Å². The molecule has 1 aliphatic heterocycles. The molecule has 1 heterocycles. The maximum absolute atomic E-state index is 5.62. The van der Waals surface area contributed by atoms with Gasteiger partial charge in [-0.2, -0.15) is 0 Å². The molecule has 0 aromatic heterocycles. The molecule has 2 rings (SSSR count). The number of ether oxygens (including phenoxy) is 2. The second-order valence-corrected chi connectivity index (χ2v) is 6.60. The second kappa shape index (κ2) is 10.3. The van der Waals surface area contributed by atoms with Gasteiger partial charge in [0.15, 0.2) is 5.96 Å². The van der Waals surface area contributed by atoms with Gasteiger partial charge >= 0.3 is 0 Å². The molecule has 0 unspecified atom stereocenters. The third kappa shape index (κ3) is 5.63. The van der Waals surface area contributed by atoms with Crippen LogP contribution in [-0.4, -0.2) is 45.9 Å². The first-order valence-electron chi connectivity index (χ1n) is 9.48. The number of rotatable bonds is 8. The van der Waals surface area contributed by atoms with Crippen molar-refractivity contribution >= 4 is 5.96 Å². The van der Waals surface area contributed by atoms with Crippen LogP contribution in [0.5, 0.6) is 5.75 Å². The summed E-state index contributed by atoms with van der Waals surface area (Å²) in [4.78, 5) is 4.91. The van der Waals surface area contributed by atoms with Gasteiger partial charge in [-0.3, -0.25) is 4.99 Å². The lowest BCUT2D eigenvalue weighted by Crippen LogP contribution is -2.41. The minimum absolute atomic E-state index is 0.0393. The van der Waals surface area contributed by atoms with Crippen LogP contribution in [0.3, 0.4) is 0 Å².